The van der Waals surface area contributed by atoms with Gasteiger partial charge in [0.1, 0.15) is 0 Å². The van der Waals surface area contributed by atoms with Crippen molar-refractivity contribution in [3.05, 3.63) is 338 Å². The molecule has 0 aliphatic rings. The van der Waals surface area contributed by atoms with Crippen LogP contribution in [-0.2, 0) is 6.42 Å². The van der Waals surface area contributed by atoms with Crippen LogP contribution >= 0.6 is 0 Å². The summed E-state index contributed by atoms with van der Waals surface area (Å²) in [5, 5.41) is 0. The van der Waals surface area contributed by atoms with Crippen LogP contribution in [0.5, 0.6) is 0 Å². The van der Waals surface area contributed by atoms with Gasteiger partial charge in [-0.2, -0.15) is 0 Å². The first kappa shape index (κ1) is 49.7. The van der Waals surface area contributed by atoms with Crippen LogP contribution in [-0.4, -0.2) is 0 Å². The fourth-order valence-corrected chi connectivity index (χ4v) is 10.5. The summed E-state index contributed by atoms with van der Waals surface area (Å²) in [5.41, 5.74) is 23.0. The first-order valence-corrected chi connectivity index (χ1v) is 27.1. The standard InChI is InChI=1S/C75H60N4/c1-56-23-39-68(40-24-56)76(64-15-7-3-8-16-64)72-47-31-60(32-48-72)62-35-51-74(52-36-62)78(66-19-11-5-12-20-66)70-43-27-58(28-44-70)55-59-29-45-71(46-30-59)79(67-21-13-6-14-22-67)75-53-37-63(38-54-75)61-33-49-73(50-34-61)77(65-17-9-4-10-18-65)69-41-25-57(2)26-42-69/h3-54H,55H2,1-2H3. The molecule has 0 saturated carbocycles. The average molecular weight is 1020 g/mol. The van der Waals surface area contributed by atoms with E-state index >= 15 is 0 Å². The number of benzene rings is 12. The summed E-state index contributed by atoms with van der Waals surface area (Å²) in [4.78, 5) is 9.27. The van der Waals surface area contributed by atoms with Crippen molar-refractivity contribution >= 4 is 68.2 Å². The minimum Gasteiger partial charge on any atom is -0.311 e. The van der Waals surface area contributed by atoms with Crippen molar-refractivity contribution in [1.82, 2.24) is 0 Å². The zero-order valence-electron chi connectivity index (χ0n) is 44.5. The third-order valence-electron chi connectivity index (χ3n) is 14.6. The van der Waals surface area contributed by atoms with Crippen LogP contribution in [0.3, 0.4) is 0 Å². The predicted molar refractivity (Wildman–Crippen MR) is 335 cm³/mol. The molecule has 0 amide bonds. The zero-order valence-corrected chi connectivity index (χ0v) is 44.5. The summed E-state index contributed by atoms with van der Waals surface area (Å²) in [7, 11) is 0. The molecule has 0 atom stereocenters. The van der Waals surface area contributed by atoms with E-state index in [1.165, 1.54) is 44.5 Å². The van der Waals surface area contributed by atoms with Crippen molar-refractivity contribution < 1.29 is 0 Å². The molecule has 0 spiro atoms. The van der Waals surface area contributed by atoms with Crippen LogP contribution in [0.15, 0.2) is 315 Å². The summed E-state index contributed by atoms with van der Waals surface area (Å²) in [5.74, 6) is 0. The number of anilines is 12. The van der Waals surface area contributed by atoms with Gasteiger partial charge in [0.15, 0.2) is 0 Å². The molecule has 12 aromatic carbocycles. The Balaban J connectivity index is 0.746. The number of aryl methyl sites for hydroxylation is 2. The van der Waals surface area contributed by atoms with E-state index in [0.29, 0.717) is 0 Å². The maximum Gasteiger partial charge on any atom is 0.0462 e. The molecule has 79 heavy (non-hydrogen) atoms. The van der Waals surface area contributed by atoms with Crippen molar-refractivity contribution in [2.45, 2.75) is 20.3 Å². The Morgan fingerprint density at radius 2 is 0.342 bits per heavy atom. The molecular weight excluding hydrogens is 957 g/mol. The van der Waals surface area contributed by atoms with Crippen LogP contribution in [0.4, 0.5) is 68.2 Å². The Hall–Kier alpha value is -10.2. The van der Waals surface area contributed by atoms with E-state index in [4.69, 9.17) is 0 Å². The Labute approximate surface area is 465 Å². The molecule has 0 heterocycles. The van der Waals surface area contributed by atoms with Crippen LogP contribution < -0.4 is 19.6 Å². The molecule has 0 N–H and O–H groups in total. The molecule has 0 saturated heterocycles. The molecule has 0 aromatic heterocycles. The van der Waals surface area contributed by atoms with E-state index < -0.39 is 0 Å². The van der Waals surface area contributed by atoms with Crippen LogP contribution in [0.1, 0.15) is 22.3 Å². The highest BCUT2D eigenvalue weighted by molar-refractivity contribution is 5.83. The van der Waals surface area contributed by atoms with Gasteiger partial charge in [0, 0.05) is 68.2 Å². The van der Waals surface area contributed by atoms with Gasteiger partial charge in [-0.25, -0.2) is 0 Å². The molecule has 12 aromatic rings. The van der Waals surface area contributed by atoms with Crippen LogP contribution in [0, 0.1) is 13.8 Å². The van der Waals surface area contributed by atoms with E-state index in [1.807, 2.05) is 0 Å². The van der Waals surface area contributed by atoms with E-state index in [2.05, 4.69) is 349 Å². The second-order valence-electron chi connectivity index (χ2n) is 20.1. The molecule has 12 rings (SSSR count). The summed E-state index contributed by atoms with van der Waals surface area (Å²) in [6, 6.07) is 113. The monoisotopic (exact) mass is 1020 g/mol. The Kier molecular flexibility index (Phi) is 14.5. The molecule has 0 aliphatic carbocycles. The van der Waals surface area contributed by atoms with Gasteiger partial charge in [0.2, 0.25) is 0 Å². The summed E-state index contributed by atoms with van der Waals surface area (Å²) in [6.07, 6.45) is 0.820. The molecule has 4 heteroatoms. The number of para-hydroxylation sites is 4. The van der Waals surface area contributed by atoms with Crippen molar-refractivity contribution in [3.63, 3.8) is 0 Å². The highest BCUT2D eigenvalue weighted by Crippen LogP contribution is 2.41. The lowest BCUT2D eigenvalue weighted by molar-refractivity contribution is 1.18. The first-order chi connectivity index (χ1) is 39.0. The van der Waals surface area contributed by atoms with Crippen molar-refractivity contribution in [3.8, 4) is 22.3 Å². The Morgan fingerprint density at radius 3 is 0.544 bits per heavy atom. The van der Waals surface area contributed by atoms with Gasteiger partial charge in [0.05, 0.1) is 0 Å². The molecule has 0 fully saturated rings. The molecule has 0 radical (unpaired) electrons. The quantitative estimate of drug-likeness (QED) is 0.0956. The van der Waals surface area contributed by atoms with Gasteiger partial charge in [-0.15, -0.1) is 0 Å². The minimum absolute atomic E-state index is 0.820. The Bertz CT molecular complexity index is 3590. The van der Waals surface area contributed by atoms with Gasteiger partial charge < -0.3 is 19.6 Å². The van der Waals surface area contributed by atoms with E-state index in [9.17, 15) is 0 Å². The predicted octanol–water partition coefficient (Wildman–Crippen LogP) is 21.1. The van der Waals surface area contributed by atoms with Gasteiger partial charge in [-0.1, -0.05) is 181 Å². The van der Waals surface area contributed by atoms with Gasteiger partial charge >= 0.3 is 0 Å². The second kappa shape index (κ2) is 23.0. The van der Waals surface area contributed by atoms with Gasteiger partial charge in [0.25, 0.3) is 0 Å². The lowest BCUT2D eigenvalue weighted by atomic mass is 10.0. The number of hydrogen-bond donors (Lipinski definition) is 0. The molecule has 4 nitrogen and oxygen atoms in total. The fraction of sp³-hybridized carbons (Fsp3) is 0.0400. The molecule has 0 unspecified atom stereocenters. The number of rotatable bonds is 16. The summed E-state index contributed by atoms with van der Waals surface area (Å²) >= 11 is 0. The molecule has 0 aliphatic heterocycles. The fourth-order valence-electron chi connectivity index (χ4n) is 10.5. The third-order valence-corrected chi connectivity index (χ3v) is 14.6. The minimum atomic E-state index is 0.820. The van der Waals surface area contributed by atoms with Crippen molar-refractivity contribution in [2.24, 2.45) is 0 Å². The maximum atomic E-state index is 2.33. The summed E-state index contributed by atoms with van der Waals surface area (Å²) < 4.78 is 0. The van der Waals surface area contributed by atoms with Gasteiger partial charge in [-0.05, 0) is 199 Å². The molecule has 380 valence electrons. The highest BCUT2D eigenvalue weighted by atomic mass is 15.2. The van der Waals surface area contributed by atoms with E-state index in [0.717, 1.165) is 74.7 Å². The van der Waals surface area contributed by atoms with Crippen molar-refractivity contribution in [2.75, 3.05) is 19.6 Å². The van der Waals surface area contributed by atoms with Gasteiger partial charge in [-0.3, -0.25) is 0 Å². The first-order valence-electron chi connectivity index (χ1n) is 27.1. The second-order valence-corrected chi connectivity index (χ2v) is 20.1. The average Bonchev–Trinajstić information content (AvgIpc) is 3.51. The van der Waals surface area contributed by atoms with E-state index in [1.54, 1.807) is 0 Å². The third kappa shape index (κ3) is 11.2. The smallest absolute Gasteiger partial charge is 0.0462 e. The highest BCUT2D eigenvalue weighted by Gasteiger charge is 2.18. The Morgan fingerprint density at radius 1 is 0.177 bits per heavy atom. The lowest BCUT2D eigenvalue weighted by Gasteiger charge is -2.26. The summed E-state index contributed by atoms with van der Waals surface area (Å²) in [6.45, 7) is 4.25. The number of hydrogen-bond acceptors (Lipinski definition) is 4. The van der Waals surface area contributed by atoms with E-state index in [-0.39, 0.29) is 0 Å². The zero-order chi connectivity index (χ0) is 53.3. The van der Waals surface area contributed by atoms with Crippen LogP contribution in [0.25, 0.3) is 22.3 Å². The number of nitrogens with zero attached hydrogens (tertiary/aromatic N) is 4. The largest absolute Gasteiger partial charge is 0.311 e. The van der Waals surface area contributed by atoms with Crippen LogP contribution in [0.2, 0.25) is 0 Å². The SMILES string of the molecule is Cc1ccc(N(c2ccccc2)c2ccc(-c3ccc(N(c4ccccc4)c4ccc(Cc5ccc(N(c6ccccc6)c6ccc(-c7ccc(N(c8ccccc8)c8ccc(C)cc8)cc7)cc6)cc5)cc4)cc3)cc2)cc1. The van der Waals surface area contributed by atoms with Crippen molar-refractivity contribution in [1.29, 1.82) is 0 Å². The topological polar surface area (TPSA) is 13.0 Å². The maximum absolute atomic E-state index is 2.33. The molecular formula is C75H60N4. The lowest BCUT2D eigenvalue weighted by Crippen LogP contribution is -2.10. The normalized spacial score (nSPS) is 11.0. The molecule has 0 bridgehead atoms.